The summed E-state index contributed by atoms with van der Waals surface area (Å²) in [5.41, 5.74) is 1.10. The van der Waals surface area contributed by atoms with Gasteiger partial charge in [-0.3, -0.25) is 15.0 Å². The summed E-state index contributed by atoms with van der Waals surface area (Å²) in [5, 5.41) is 14.4. The highest BCUT2D eigenvalue weighted by Crippen LogP contribution is 2.30. The van der Waals surface area contributed by atoms with E-state index in [1.807, 2.05) is 6.07 Å². The van der Waals surface area contributed by atoms with Gasteiger partial charge in [-0.15, -0.1) is 0 Å². The molecular weight excluding hydrogens is 322 g/mol. The molecule has 6 heteroatoms. The zero-order chi connectivity index (χ0) is 14.1. The largest absolute Gasteiger partial charge is 0.309 e. The zero-order valence-corrected chi connectivity index (χ0v) is 12.8. The average molecular weight is 340 g/mol. The van der Waals surface area contributed by atoms with Crippen LogP contribution in [0.3, 0.4) is 0 Å². The van der Waals surface area contributed by atoms with Crippen LogP contribution in [0.25, 0.3) is 0 Å². The minimum absolute atomic E-state index is 0.135. The summed E-state index contributed by atoms with van der Waals surface area (Å²) in [6.45, 7) is 2.99. The number of hydrogen-bond donors (Lipinski definition) is 1. The number of rotatable bonds is 5. The minimum atomic E-state index is -0.349. The minimum Gasteiger partial charge on any atom is -0.309 e. The van der Waals surface area contributed by atoms with Crippen LogP contribution in [0.1, 0.15) is 24.8 Å². The molecule has 1 aliphatic heterocycles. The number of halogens is 1. The van der Waals surface area contributed by atoms with Crippen molar-refractivity contribution < 1.29 is 4.92 Å². The number of likely N-dealkylation sites (tertiary alicyclic amines) is 1. The van der Waals surface area contributed by atoms with E-state index in [1.54, 1.807) is 12.1 Å². The maximum absolute atomic E-state index is 10.9. The highest BCUT2D eigenvalue weighted by atomic mass is 79.9. The first-order valence-corrected chi connectivity index (χ1v) is 7.83. The maximum atomic E-state index is 10.9. The van der Waals surface area contributed by atoms with Gasteiger partial charge in [0, 0.05) is 37.8 Å². The number of benzene rings is 1. The lowest BCUT2D eigenvalue weighted by molar-refractivity contribution is -0.385. The van der Waals surface area contributed by atoms with Crippen LogP contribution in [0.5, 0.6) is 0 Å². The fourth-order valence-electron chi connectivity index (χ4n) is 2.80. The Bertz CT molecular complexity index is 519. The van der Waals surface area contributed by atoms with Gasteiger partial charge in [-0.25, -0.2) is 0 Å². The van der Waals surface area contributed by atoms with E-state index in [0.717, 1.165) is 18.2 Å². The van der Waals surface area contributed by atoms with E-state index in [9.17, 15) is 10.1 Å². The van der Waals surface area contributed by atoms with Crippen LogP contribution in [0.2, 0.25) is 0 Å². The highest BCUT2D eigenvalue weighted by Gasteiger charge is 2.34. The van der Waals surface area contributed by atoms with Crippen molar-refractivity contribution in [1.29, 1.82) is 0 Å². The summed E-state index contributed by atoms with van der Waals surface area (Å²) in [7, 11) is 0. The Labute approximate surface area is 126 Å². The zero-order valence-electron chi connectivity index (χ0n) is 11.2. The summed E-state index contributed by atoms with van der Waals surface area (Å²) in [5.74, 6) is 0. The molecule has 1 saturated carbocycles. The molecule has 1 saturated heterocycles. The molecule has 0 bridgehead atoms. The average Bonchev–Trinajstić information content (AvgIpc) is 3.17. The van der Waals surface area contributed by atoms with Crippen LogP contribution in [0.15, 0.2) is 22.7 Å². The van der Waals surface area contributed by atoms with E-state index < -0.39 is 0 Å². The molecular formula is C14H18BrN3O2. The number of nitro benzene ring substituents is 1. The third kappa shape index (κ3) is 3.19. The van der Waals surface area contributed by atoms with E-state index in [2.05, 4.69) is 26.1 Å². The molecule has 20 heavy (non-hydrogen) atoms. The molecule has 3 rings (SSSR count). The van der Waals surface area contributed by atoms with Crippen LogP contribution in [-0.2, 0) is 6.54 Å². The van der Waals surface area contributed by atoms with Gasteiger partial charge in [-0.2, -0.15) is 0 Å². The lowest BCUT2D eigenvalue weighted by Gasteiger charge is -2.15. The molecule has 1 N–H and O–H groups in total. The Hall–Kier alpha value is -0.980. The van der Waals surface area contributed by atoms with Crippen molar-refractivity contribution >= 4 is 21.6 Å². The van der Waals surface area contributed by atoms with Gasteiger partial charge in [0.25, 0.3) is 5.69 Å². The summed E-state index contributed by atoms with van der Waals surface area (Å²) in [6.07, 6.45) is 3.88. The Morgan fingerprint density at radius 1 is 1.40 bits per heavy atom. The Morgan fingerprint density at radius 3 is 2.90 bits per heavy atom. The second-order valence-corrected chi connectivity index (χ2v) is 6.49. The van der Waals surface area contributed by atoms with E-state index in [1.165, 1.54) is 25.8 Å². The van der Waals surface area contributed by atoms with E-state index in [-0.39, 0.29) is 10.6 Å². The first-order valence-electron chi connectivity index (χ1n) is 7.04. The fourth-order valence-corrected chi connectivity index (χ4v) is 3.19. The molecule has 0 aromatic heterocycles. The number of hydrogen-bond acceptors (Lipinski definition) is 4. The van der Waals surface area contributed by atoms with Gasteiger partial charge in [0.2, 0.25) is 0 Å². The quantitative estimate of drug-likeness (QED) is 0.661. The molecule has 2 aliphatic rings. The molecule has 1 unspecified atom stereocenters. The first kappa shape index (κ1) is 14.0. The second kappa shape index (κ2) is 5.79. The summed E-state index contributed by atoms with van der Waals surface area (Å²) < 4.78 is 0.534. The summed E-state index contributed by atoms with van der Waals surface area (Å²) in [6, 6.07) is 6.66. The van der Waals surface area contributed by atoms with E-state index >= 15 is 0 Å². The van der Waals surface area contributed by atoms with Gasteiger partial charge in [-0.1, -0.05) is 6.07 Å². The molecule has 0 amide bonds. The van der Waals surface area contributed by atoms with Crippen molar-refractivity contribution in [2.75, 3.05) is 13.1 Å². The predicted molar refractivity (Wildman–Crippen MR) is 80.6 cm³/mol. The van der Waals surface area contributed by atoms with Crippen LogP contribution in [-0.4, -0.2) is 35.0 Å². The van der Waals surface area contributed by atoms with Gasteiger partial charge in [0.05, 0.1) is 9.40 Å². The lowest BCUT2D eigenvalue weighted by atomic mass is 10.2. The SMILES string of the molecule is O=[N+]([O-])c1cc(CNC2CCN(C3CC3)C2)ccc1Br. The fraction of sp³-hybridized carbons (Fsp3) is 0.571. The molecule has 1 aromatic carbocycles. The Kier molecular flexibility index (Phi) is 4.05. The predicted octanol–water partition coefficient (Wildman–Crippen LogP) is 2.68. The van der Waals surface area contributed by atoms with Gasteiger partial charge in [-0.05, 0) is 46.8 Å². The molecule has 108 valence electrons. The first-order chi connectivity index (χ1) is 9.63. The topological polar surface area (TPSA) is 58.4 Å². The number of nitrogens with zero attached hydrogens (tertiary/aromatic N) is 2. The van der Waals surface area contributed by atoms with Gasteiger partial charge in [0.15, 0.2) is 0 Å². The van der Waals surface area contributed by atoms with Crippen LogP contribution >= 0.6 is 15.9 Å². The smallest absolute Gasteiger partial charge is 0.283 e. The number of nitrogens with one attached hydrogen (secondary N) is 1. The molecule has 1 heterocycles. The van der Waals surface area contributed by atoms with Crippen molar-refractivity contribution in [2.45, 2.75) is 37.9 Å². The lowest BCUT2D eigenvalue weighted by Crippen LogP contribution is -2.32. The maximum Gasteiger partial charge on any atom is 0.283 e. The molecule has 1 aliphatic carbocycles. The summed E-state index contributed by atoms with van der Waals surface area (Å²) in [4.78, 5) is 13.1. The molecule has 5 nitrogen and oxygen atoms in total. The van der Waals surface area contributed by atoms with Gasteiger partial charge in [0.1, 0.15) is 0 Å². The standard InChI is InChI=1S/C14H18BrN3O2/c15-13-4-1-10(7-14(13)18(19)20)8-16-11-5-6-17(9-11)12-2-3-12/h1,4,7,11-12,16H,2-3,5-6,8-9H2. The molecule has 1 aromatic rings. The highest BCUT2D eigenvalue weighted by molar-refractivity contribution is 9.10. The summed E-state index contributed by atoms with van der Waals surface area (Å²) >= 11 is 3.21. The third-order valence-corrected chi connectivity index (χ3v) is 4.76. The van der Waals surface area contributed by atoms with Crippen LogP contribution < -0.4 is 5.32 Å². The molecule has 2 fully saturated rings. The molecule has 0 radical (unpaired) electrons. The Balaban J connectivity index is 1.55. The third-order valence-electron chi connectivity index (χ3n) is 4.09. The van der Waals surface area contributed by atoms with Crippen molar-refractivity contribution in [3.63, 3.8) is 0 Å². The van der Waals surface area contributed by atoms with E-state index in [0.29, 0.717) is 17.1 Å². The second-order valence-electron chi connectivity index (χ2n) is 5.64. The van der Waals surface area contributed by atoms with Crippen molar-refractivity contribution in [3.8, 4) is 0 Å². The normalized spacial score (nSPS) is 23.1. The van der Waals surface area contributed by atoms with Crippen molar-refractivity contribution in [3.05, 3.63) is 38.3 Å². The van der Waals surface area contributed by atoms with Crippen LogP contribution in [0, 0.1) is 10.1 Å². The van der Waals surface area contributed by atoms with Gasteiger partial charge < -0.3 is 5.32 Å². The molecule has 0 spiro atoms. The monoisotopic (exact) mass is 339 g/mol. The Morgan fingerprint density at radius 2 is 2.20 bits per heavy atom. The number of nitro groups is 1. The van der Waals surface area contributed by atoms with Crippen molar-refractivity contribution in [2.24, 2.45) is 0 Å². The van der Waals surface area contributed by atoms with Crippen LogP contribution in [0.4, 0.5) is 5.69 Å². The van der Waals surface area contributed by atoms with Crippen molar-refractivity contribution in [1.82, 2.24) is 10.2 Å². The van der Waals surface area contributed by atoms with E-state index in [4.69, 9.17) is 0 Å². The van der Waals surface area contributed by atoms with Gasteiger partial charge >= 0.3 is 0 Å². The molecule has 1 atom stereocenters.